The number of benzene rings is 3. The third-order valence-electron chi connectivity index (χ3n) is 6.88. The van der Waals surface area contributed by atoms with E-state index >= 15 is 0 Å². The maximum absolute atomic E-state index is 13.0. The second-order valence-electron chi connectivity index (χ2n) is 11.0. The van der Waals surface area contributed by atoms with Crippen molar-refractivity contribution < 1.29 is 33.3 Å². The number of carbonyl (C=O) groups excluding carboxylic acids is 3. The average Bonchev–Trinajstić information content (AvgIpc) is 2.95. The van der Waals surface area contributed by atoms with Crippen LogP contribution in [0.25, 0.3) is 0 Å². The Kier molecular flexibility index (Phi) is 8.25. The molecule has 9 nitrogen and oxygen atoms in total. The van der Waals surface area contributed by atoms with Crippen LogP contribution in [0.5, 0.6) is 11.5 Å². The standard InChI is InChI=1S/C31H30Cl2N2O7/c1-31(2,3)42-30(38)35-15-20-14-26-25(13-19(20)12-24(35)29(37)39-4)40-16-27(41-26)17-5-8-21(9-6-17)34-28(36)18-7-10-22(32)23(33)11-18/h5-11,13-14,24,27H,12,15-16H2,1-4H3,(H,34,36). The molecule has 2 amide bonds. The van der Waals surface area contributed by atoms with E-state index in [1.165, 1.54) is 18.1 Å². The summed E-state index contributed by atoms with van der Waals surface area (Å²) in [5, 5.41) is 3.52. The molecule has 11 heteroatoms. The molecule has 0 spiro atoms. The Morgan fingerprint density at radius 1 is 0.952 bits per heavy atom. The summed E-state index contributed by atoms with van der Waals surface area (Å²) >= 11 is 12.0. The van der Waals surface area contributed by atoms with E-state index in [9.17, 15) is 14.4 Å². The summed E-state index contributed by atoms with van der Waals surface area (Å²) in [5.41, 5.74) is 2.81. The molecule has 2 unspecified atom stereocenters. The summed E-state index contributed by atoms with van der Waals surface area (Å²) in [4.78, 5) is 39.6. The zero-order chi connectivity index (χ0) is 30.2. The molecule has 0 bridgehead atoms. The molecular formula is C31H30Cl2N2O7. The zero-order valence-corrected chi connectivity index (χ0v) is 25.0. The number of carbonyl (C=O) groups is 3. The second-order valence-corrected chi connectivity index (χ2v) is 11.9. The fourth-order valence-corrected chi connectivity index (χ4v) is 5.09. The van der Waals surface area contributed by atoms with Crippen molar-refractivity contribution >= 4 is 46.9 Å². The normalized spacial score (nSPS) is 17.6. The average molecular weight is 613 g/mol. The molecule has 0 aliphatic carbocycles. The first kappa shape index (κ1) is 29.5. The van der Waals surface area contributed by atoms with Crippen LogP contribution in [0.15, 0.2) is 54.6 Å². The molecule has 0 aromatic heterocycles. The molecule has 2 heterocycles. The van der Waals surface area contributed by atoms with Crippen molar-refractivity contribution in [2.24, 2.45) is 0 Å². The van der Waals surface area contributed by atoms with E-state index in [1.807, 2.05) is 24.3 Å². The van der Waals surface area contributed by atoms with Crippen molar-refractivity contribution in [3.63, 3.8) is 0 Å². The maximum Gasteiger partial charge on any atom is 0.411 e. The number of methoxy groups -OCH3 is 1. The molecule has 3 aromatic rings. The summed E-state index contributed by atoms with van der Waals surface area (Å²) in [6, 6.07) is 14.8. The smallest absolute Gasteiger partial charge is 0.411 e. The van der Waals surface area contributed by atoms with Crippen molar-refractivity contribution in [2.45, 2.75) is 51.5 Å². The molecular weight excluding hydrogens is 583 g/mol. The molecule has 3 aromatic carbocycles. The van der Waals surface area contributed by atoms with Gasteiger partial charge in [0.25, 0.3) is 5.91 Å². The molecule has 5 rings (SSSR count). The van der Waals surface area contributed by atoms with Crippen molar-refractivity contribution in [2.75, 3.05) is 19.0 Å². The number of hydrogen-bond acceptors (Lipinski definition) is 7. The summed E-state index contributed by atoms with van der Waals surface area (Å²) in [6.45, 7) is 5.74. The Morgan fingerprint density at radius 3 is 2.33 bits per heavy atom. The number of amides is 2. The Labute approximate surface area is 253 Å². The van der Waals surface area contributed by atoms with E-state index in [0.717, 1.165) is 16.7 Å². The van der Waals surface area contributed by atoms with Crippen molar-refractivity contribution in [3.8, 4) is 11.5 Å². The van der Waals surface area contributed by atoms with E-state index in [1.54, 1.807) is 45.0 Å². The molecule has 1 N–H and O–H groups in total. The van der Waals surface area contributed by atoms with Crippen LogP contribution in [-0.2, 0) is 27.2 Å². The number of nitrogens with one attached hydrogen (secondary N) is 1. The van der Waals surface area contributed by atoms with Gasteiger partial charge in [0.05, 0.1) is 23.7 Å². The highest BCUT2D eigenvalue weighted by Crippen LogP contribution is 2.41. The zero-order valence-electron chi connectivity index (χ0n) is 23.5. The summed E-state index contributed by atoms with van der Waals surface area (Å²) < 4.78 is 22.9. The van der Waals surface area contributed by atoms with Gasteiger partial charge in [-0.05, 0) is 79.9 Å². The van der Waals surface area contributed by atoms with Crippen LogP contribution < -0.4 is 14.8 Å². The number of anilines is 1. The van der Waals surface area contributed by atoms with Gasteiger partial charge in [0.1, 0.15) is 18.2 Å². The van der Waals surface area contributed by atoms with Crippen LogP contribution in [-0.4, -0.2) is 48.2 Å². The SMILES string of the molecule is COC(=O)C1Cc2cc3c(cc2CN1C(=O)OC(C)(C)C)OC(c1ccc(NC(=O)c2ccc(Cl)c(Cl)c2)cc1)CO3. The number of esters is 1. The fourth-order valence-electron chi connectivity index (χ4n) is 4.80. The lowest BCUT2D eigenvalue weighted by Crippen LogP contribution is -2.50. The molecule has 2 aliphatic heterocycles. The van der Waals surface area contributed by atoms with E-state index in [2.05, 4.69) is 5.32 Å². The van der Waals surface area contributed by atoms with Crippen LogP contribution in [0, 0.1) is 0 Å². The molecule has 0 saturated carbocycles. The minimum absolute atomic E-state index is 0.151. The third-order valence-corrected chi connectivity index (χ3v) is 7.62. The second kappa shape index (κ2) is 11.7. The van der Waals surface area contributed by atoms with E-state index in [-0.39, 0.29) is 25.5 Å². The fraction of sp³-hybridized carbons (Fsp3) is 0.323. The summed E-state index contributed by atoms with van der Waals surface area (Å²) in [7, 11) is 1.30. The van der Waals surface area contributed by atoms with Gasteiger partial charge in [-0.25, -0.2) is 9.59 Å². The van der Waals surface area contributed by atoms with Gasteiger partial charge >= 0.3 is 12.1 Å². The minimum Gasteiger partial charge on any atom is -0.485 e. The van der Waals surface area contributed by atoms with Gasteiger partial charge in [-0.15, -0.1) is 0 Å². The minimum atomic E-state index is -0.816. The highest BCUT2D eigenvalue weighted by molar-refractivity contribution is 6.42. The highest BCUT2D eigenvalue weighted by atomic mass is 35.5. The number of rotatable bonds is 4. The van der Waals surface area contributed by atoms with Crippen LogP contribution in [0.2, 0.25) is 10.0 Å². The molecule has 0 radical (unpaired) electrons. The van der Waals surface area contributed by atoms with Crippen molar-refractivity contribution in [1.82, 2.24) is 4.90 Å². The molecule has 220 valence electrons. The van der Waals surface area contributed by atoms with Crippen LogP contribution in [0.3, 0.4) is 0 Å². The van der Waals surface area contributed by atoms with Crippen molar-refractivity contribution in [3.05, 3.63) is 86.9 Å². The number of hydrogen-bond donors (Lipinski definition) is 1. The Balaban J connectivity index is 1.30. The Hall–Kier alpha value is -3.95. The van der Waals surface area contributed by atoms with Gasteiger partial charge < -0.3 is 24.3 Å². The van der Waals surface area contributed by atoms with E-state index in [0.29, 0.717) is 32.8 Å². The first-order valence-electron chi connectivity index (χ1n) is 13.3. The number of ether oxygens (including phenoxy) is 4. The lowest BCUT2D eigenvalue weighted by molar-refractivity contribution is -0.147. The molecule has 0 saturated heterocycles. The molecule has 0 fully saturated rings. The monoisotopic (exact) mass is 612 g/mol. The van der Waals surface area contributed by atoms with Gasteiger partial charge in [0.15, 0.2) is 17.6 Å². The molecule has 2 aliphatic rings. The Morgan fingerprint density at radius 2 is 1.67 bits per heavy atom. The van der Waals surface area contributed by atoms with Gasteiger partial charge in [-0.2, -0.15) is 0 Å². The van der Waals surface area contributed by atoms with Crippen molar-refractivity contribution in [1.29, 1.82) is 0 Å². The number of nitrogens with zero attached hydrogens (tertiary/aromatic N) is 1. The van der Waals surface area contributed by atoms with Crippen LogP contribution in [0.4, 0.5) is 10.5 Å². The molecule has 42 heavy (non-hydrogen) atoms. The molecule has 2 atom stereocenters. The van der Waals surface area contributed by atoms with E-state index < -0.39 is 29.8 Å². The lowest BCUT2D eigenvalue weighted by Gasteiger charge is -2.37. The summed E-state index contributed by atoms with van der Waals surface area (Å²) in [6.07, 6.45) is -0.733. The van der Waals surface area contributed by atoms with Gasteiger partial charge in [0, 0.05) is 17.7 Å². The van der Waals surface area contributed by atoms with Gasteiger partial charge in [-0.1, -0.05) is 35.3 Å². The predicted octanol–water partition coefficient (Wildman–Crippen LogP) is 6.59. The summed E-state index contributed by atoms with van der Waals surface area (Å²) in [5.74, 6) is 0.262. The lowest BCUT2D eigenvalue weighted by atomic mass is 9.93. The quantitative estimate of drug-likeness (QED) is 0.331. The first-order chi connectivity index (χ1) is 19.9. The third kappa shape index (κ3) is 6.42. The van der Waals surface area contributed by atoms with Crippen LogP contribution >= 0.6 is 23.2 Å². The van der Waals surface area contributed by atoms with Crippen LogP contribution in [0.1, 0.15) is 53.9 Å². The Bertz CT molecular complexity index is 1540. The van der Waals surface area contributed by atoms with E-state index in [4.69, 9.17) is 42.1 Å². The maximum atomic E-state index is 13.0. The largest absolute Gasteiger partial charge is 0.485 e. The number of halogens is 2. The predicted molar refractivity (Wildman–Crippen MR) is 157 cm³/mol. The van der Waals surface area contributed by atoms with Gasteiger partial charge in [-0.3, -0.25) is 9.69 Å². The first-order valence-corrected chi connectivity index (χ1v) is 14.1. The topological polar surface area (TPSA) is 103 Å². The number of fused-ring (bicyclic) bond motifs is 2. The highest BCUT2D eigenvalue weighted by Gasteiger charge is 2.39. The van der Waals surface area contributed by atoms with Gasteiger partial charge in [0.2, 0.25) is 0 Å².